The maximum absolute atomic E-state index is 13.4. The van der Waals surface area contributed by atoms with E-state index in [1.54, 1.807) is 19.1 Å². The fraction of sp³-hybridized carbons (Fsp3) is 0.143. The zero-order valence-corrected chi connectivity index (χ0v) is 13.9. The second-order valence-corrected chi connectivity index (χ2v) is 7.26. The van der Waals surface area contributed by atoms with Crippen molar-refractivity contribution < 1.29 is 12.8 Å². The molecule has 0 atom stereocenters. The molecule has 2 rings (SSSR count). The van der Waals surface area contributed by atoms with Gasteiger partial charge in [-0.25, -0.2) is 12.8 Å². The van der Waals surface area contributed by atoms with Gasteiger partial charge in [0.25, 0.3) is 10.0 Å². The van der Waals surface area contributed by atoms with Gasteiger partial charge >= 0.3 is 0 Å². The van der Waals surface area contributed by atoms with Crippen LogP contribution in [-0.4, -0.2) is 8.42 Å². The Morgan fingerprint density at radius 3 is 2.30 bits per heavy atom. The summed E-state index contributed by atoms with van der Waals surface area (Å²) in [6, 6.07) is 9.03. The van der Waals surface area contributed by atoms with Crippen molar-refractivity contribution in [1.82, 2.24) is 0 Å². The maximum Gasteiger partial charge on any atom is 0.261 e. The number of hydrogen-bond acceptors (Lipinski definition) is 2. The van der Waals surface area contributed by atoms with Crippen molar-refractivity contribution in [1.29, 1.82) is 0 Å². The Bertz CT molecular complexity index is 743. The number of hydrogen-bond donors (Lipinski definition) is 1. The van der Waals surface area contributed by atoms with Gasteiger partial charge in [-0.3, -0.25) is 4.72 Å². The number of anilines is 1. The molecule has 0 saturated carbocycles. The quantitative estimate of drug-likeness (QED) is 0.789. The molecule has 106 valence electrons. The molecule has 0 bridgehead atoms. The summed E-state index contributed by atoms with van der Waals surface area (Å²) < 4.78 is 41.0. The fourth-order valence-corrected chi connectivity index (χ4v) is 3.41. The van der Waals surface area contributed by atoms with Gasteiger partial charge in [0.05, 0.1) is 10.6 Å². The predicted molar refractivity (Wildman–Crippen MR) is 85.8 cm³/mol. The largest absolute Gasteiger partial charge is 0.278 e. The van der Waals surface area contributed by atoms with E-state index in [0.717, 1.165) is 5.56 Å². The van der Waals surface area contributed by atoms with Crippen molar-refractivity contribution in [2.45, 2.75) is 18.7 Å². The van der Waals surface area contributed by atoms with Crippen LogP contribution in [0.3, 0.4) is 0 Å². The second-order valence-electron chi connectivity index (χ2n) is 4.50. The molecule has 0 aliphatic heterocycles. The van der Waals surface area contributed by atoms with Gasteiger partial charge in [-0.05, 0) is 66.3 Å². The summed E-state index contributed by atoms with van der Waals surface area (Å²) in [4.78, 5) is 0.154. The lowest BCUT2D eigenvalue weighted by atomic mass is 10.2. The van der Waals surface area contributed by atoms with E-state index in [1.165, 1.54) is 24.3 Å². The Balaban J connectivity index is 2.41. The lowest BCUT2D eigenvalue weighted by molar-refractivity contribution is 0.601. The van der Waals surface area contributed by atoms with Crippen LogP contribution in [0.15, 0.2) is 41.3 Å². The number of sulfonamides is 1. The highest BCUT2D eigenvalue weighted by molar-refractivity contribution is 14.1. The van der Waals surface area contributed by atoms with Gasteiger partial charge in [-0.15, -0.1) is 0 Å². The van der Waals surface area contributed by atoms with Crippen LogP contribution in [0.2, 0.25) is 0 Å². The van der Waals surface area contributed by atoms with E-state index in [2.05, 4.69) is 4.72 Å². The second kappa shape index (κ2) is 5.69. The molecule has 0 aliphatic carbocycles. The number of nitrogens with one attached hydrogen (secondary N) is 1. The molecule has 0 spiro atoms. The summed E-state index contributed by atoms with van der Waals surface area (Å²) in [5.74, 6) is -0.468. The predicted octanol–water partition coefficient (Wildman–Crippen LogP) is 3.85. The zero-order valence-electron chi connectivity index (χ0n) is 10.9. The minimum Gasteiger partial charge on any atom is -0.278 e. The molecule has 3 nitrogen and oxygen atoms in total. The molecule has 0 amide bonds. The summed E-state index contributed by atoms with van der Waals surface area (Å²) in [5, 5.41) is 0. The number of halogens is 2. The van der Waals surface area contributed by atoms with Gasteiger partial charge in [0.1, 0.15) is 5.82 Å². The Morgan fingerprint density at radius 1 is 1.10 bits per heavy atom. The summed E-state index contributed by atoms with van der Waals surface area (Å²) in [6.07, 6.45) is 0. The zero-order chi connectivity index (χ0) is 14.9. The van der Waals surface area contributed by atoms with Crippen LogP contribution in [0.4, 0.5) is 10.1 Å². The molecule has 0 saturated heterocycles. The first-order chi connectivity index (χ1) is 9.29. The molecular weight excluding hydrogens is 392 g/mol. The Labute approximate surface area is 131 Å². The summed E-state index contributed by atoms with van der Waals surface area (Å²) in [7, 11) is -3.71. The minimum atomic E-state index is -3.71. The van der Waals surface area contributed by atoms with Crippen LogP contribution >= 0.6 is 22.6 Å². The van der Waals surface area contributed by atoms with Gasteiger partial charge < -0.3 is 0 Å². The minimum absolute atomic E-state index is 0.154. The van der Waals surface area contributed by atoms with Crippen LogP contribution in [0.5, 0.6) is 0 Å². The average molecular weight is 405 g/mol. The summed E-state index contributed by atoms with van der Waals surface area (Å²) in [5.41, 5.74) is 1.91. The molecule has 2 aromatic carbocycles. The van der Waals surface area contributed by atoms with Gasteiger partial charge in [0, 0.05) is 3.57 Å². The Morgan fingerprint density at radius 2 is 1.70 bits per heavy atom. The third-order valence-electron chi connectivity index (χ3n) is 2.79. The first-order valence-electron chi connectivity index (χ1n) is 5.85. The van der Waals surface area contributed by atoms with E-state index in [1.807, 2.05) is 29.5 Å². The first kappa shape index (κ1) is 15.2. The lowest BCUT2D eigenvalue weighted by Gasteiger charge is -2.11. The van der Waals surface area contributed by atoms with Crippen molar-refractivity contribution in [2.24, 2.45) is 0 Å². The van der Waals surface area contributed by atoms with Gasteiger partial charge in [0.15, 0.2) is 0 Å². The van der Waals surface area contributed by atoms with Gasteiger partial charge in [-0.2, -0.15) is 0 Å². The molecule has 0 unspecified atom stereocenters. The third-order valence-corrected chi connectivity index (χ3v) is 5.61. The Kier molecular flexibility index (Phi) is 4.33. The van der Waals surface area contributed by atoms with Gasteiger partial charge in [0.2, 0.25) is 0 Å². The van der Waals surface area contributed by atoms with E-state index in [9.17, 15) is 12.8 Å². The highest BCUT2D eigenvalue weighted by Crippen LogP contribution is 2.26. The summed E-state index contributed by atoms with van der Waals surface area (Å²) in [6.45, 7) is 3.61. The molecule has 6 heteroatoms. The van der Waals surface area contributed by atoms with Crippen molar-refractivity contribution in [2.75, 3.05) is 4.72 Å². The number of benzene rings is 2. The average Bonchev–Trinajstić information content (AvgIpc) is 2.35. The third kappa shape index (κ3) is 3.29. The maximum atomic E-state index is 13.4. The molecule has 0 fully saturated rings. The SMILES string of the molecule is Cc1ccc(S(=O)(=O)Nc2cc(F)cc(C)c2I)cc1. The number of rotatable bonds is 3. The molecule has 0 radical (unpaired) electrons. The van der Waals surface area contributed by atoms with E-state index < -0.39 is 15.8 Å². The van der Waals surface area contributed by atoms with Crippen molar-refractivity contribution in [3.8, 4) is 0 Å². The van der Waals surface area contributed by atoms with Crippen LogP contribution in [0.1, 0.15) is 11.1 Å². The van der Waals surface area contributed by atoms with E-state index in [0.29, 0.717) is 9.13 Å². The lowest BCUT2D eigenvalue weighted by Crippen LogP contribution is -2.14. The number of aryl methyl sites for hydroxylation is 2. The molecular formula is C14H13FINO2S. The van der Waals surface area contributed by atoms with E-state index in [4.69, 9.17) is 0 Å². The van der Waals surface area contributed by atoms with E-state index in [-0.39, 0.29) is 10.6 Å². The van der Waals surface area contributed by atoms with Crippen LogP contribution in [-0.2, 0) is 10.0 Å². The fourth-order valence-electron chi connectivity index (χ4n) is 1.72. The Hall–Kier alpha value is -1.15. The monoisotopic (exact) mass is 405 g/mol. The molecule has 0 aliphatic rings. The van der Waals surface area contributed by atoms with Crippen LogP contribution < -0.4 is 4.72 Å². The van der Waals surface area contributed by atoms with Crippen molar-refractivity contribution in [3.63, 3.8) is 0 Å². The molecule has 1 N–H and O–H groups in total. The van der Waals surface area contributed by atoms with Crippen LogP contribution in [0.25, 0.3) is 0 Å². The first-order valence-corrected chi connectivity index (χ1v) is 8.41. The summed E-state index contributed by atoms with van der Waals surface area (Å²) >= 11 is 1.99. The van der Waals surface area contributed by atoms with Crippen LogP contribution in [0, 0.1) is 23.2 Å². The normalized spacial score (nSPS) is 11.4. The van der Waals surface area contributed by atoms with Crippen molar-refractivity contribution in [3.05, 3.63) is 56.9 Å². The highest BCUT2D eigenvalue weighted by Gasteiger charge is 2.16. The molecule has 0 aromatic heterocycles. The molecule has 20 heavy (non-hydrogen) atoms. The molecule has 2 aromatic rings. The smallest absolute Gasteiger partial charge is 0.261 e. The molecule has 0 heterocycles. The highest BCUT2D eigenvalue weighted by atomic mass is 127. The standard InChI is InChI=1S/C14H13FINO2S/c1-9-3-5-12(6-4-9)20(18,19)17-13-8-11(15)7-10(2)14(13)16/h3-8,17H,1-2H3. The van der Waals surface area contributed by atoms with E-state index >= 15 is 0 Å². The topological polar surface area (TPSA) is 46.2 Å². The van der Waals surface area contributed by atoms with Gasteiger partial charge in [-0.1, -0.05) is 17.7 Å². The van der Waals surface area contributed by atoms with Crippen molar-refractivity contribution >= 4 is 38.3 Å².